The van der Waals surface area contributed by atoms with Crippen molar-refractivity contribution in [1.29, 1.82) is 0 Å². The van der Waals surface area contributed by atoms with E-state index in [1.807, 2.05) is 4.72 Å². The summed E-state index contributed by atoms with van der Waals surface area (Å²) in [6, 6.07) is 3.12. The normalized spacial score (nSPS) is 12.2. The predicted molar refractivity (Wildman–Crippen MR) is 72.4 cm³/mol. The zero-order valence-electron chi connectivity index (χ0n) is 10.4. The molecule has 0 fully saturated rings. The van der Waals surface area contributed by atoms with Gasteiger partial charge in [-0.05, 0) is 12.1 Å². The number of rotatable bonds is 6. The Bertz CT molecular complexity index is 726. The first-order valence-corrected chi connectivity index (χ1v) is 8.78. The lowest BCUT2D eigenvalue weighted by Gasteiger charge is -2.07. The van der Waals surface area contributed by atoms with E-state index in [0.717, 1.165) is 18.4 Å². The number of hydrogen-bond acceptors (Lipinski definition) is 7. The molecule has 0 aliphatic heterocycles. The summed E-state index contributed by atoms with van der Waals surface area (Å²) in [7, 11) is -7.53. The van der Waals surface area contributed by atoms with Gasteiger partial charge in [0.05, 0.1) is 10.7 Å². The summed E-state index contributed by atoms with van der Waals surface area (Å²) in [5, 5.41) is 10.8. The standard InChI is InChI=1S/C9H13N3O6S2/c1-19(15,16)5-4-11-20(17,18)9-3-2-7(10)6-8(9)12(13)14/h2-3,6,11H,4-5,10H2,1H3. The minimum atomic E-state index is -4.19. The highest BCUT2D eigenvalue weighted by atomic mass is 32.2. The van der Waals surface area contributed by atoms with Gasteiger partial charge in [0.15, 0.2) is 4.90 Å². The van der Waals surface area contributed by atoms with Crippen molar-refractivity contribution in [2.24, 2.45) is 0 Å². The molecule has 0 amide bonds. The van der Waals surface area contributed by atoms with Gasteiger partial charge in [-0.2, -0.15) is 0 Å². The Hall–Kier alpha value is -1.72. The number of hydrogen-bond donors (Lipinski definition) is 2. The molecule has 11 heteroatoms. The second-order valence-corrected chi connectivity index (χ2v) is 8.01. The Balaban J connectivity index is 3.07. The third kappa shape index (κ3) is 4.43. The van der Waals surface area contributed by atoms with E-state index >= 15 is 0 Å². The first-order valence-electron chi connectivity index (χ1n) is 5.24. The van der Waals surface area contributed by atoms with Crippen LogP contribution >= 0.6 is 0 Å². The lowest BCUT2D eigenvalue weighted by molar-refractivity contribution is -0.387. The summed E-state index contributed by atoms with van der Waals surface area (Å²) >= 11 is 0. The number of nitrogens with one attached hydrogen (secondary N) is 1. The highest BCUT2D eigenvalue weighted by molar-refractivity contribution is 7.91. The van der Waals surface area contributed by atoms with Crippen LogP contribution in [0.3, 0.4) is 0 Å². The van der Waals surface area contributed by atoms with Crippen molar-refractivity contribution in [2.45, 2.75) is 4.90 Å². The van der Waals surface area contributed by atoms with Gasteiger partial charge in [-0.3, -0.25) is 10.1 Å². The number of benzene rings is 1. The molecule has 1 aromatic rings. The van der Waals surface area contributed by atoms with Gasteiger partial charge in [0.1, 0.15) is 9.84 Å². The molecule has 0 unspecified atom stereocenters. The summed E-state index contributed by atoms with van der Waals surface area (Å²) in [6.07, 6.45) is 0.951. The summed E-state index contributed by atoms with van der Waals surface area (Å²) in [5.41, 5.74) is 4.75. The monoisotopic (exact) mass is 323 g/mol. The summed E-state index contributed by atoms with van der Waals surface area (Å²) < 4.78 is 47.6. The van der Waals surface area contributed by atoms with Gasteiger partial charge in [0, 0.05) is 24.6 Å². The maximum atomic E-state index is 11.9. The first kappa shape index (κ1) is 16.3. The van der Waals surface area contributed by atoms with Gasteiger partial charge in [-0.15, -0.1) is 0 Å². The molecule has 0 aromatic heterocycles. The van der Waals surface area contributed by atoms with E-state index in [-0.39, 0.29) is 12.2 Å². The predicted octanol–water partition coefficient (Wildman–Crippen LogP) is -0.500. The van der Waals surface area contributed by atoms with E-state index in [4.69, 9.17) is 5.73 Å². The fourth-order valence-corrected chi connectivity index (χ4v) is 3.13. The molecule has 0 bridgehead atoms. The number of nitro groups is 1. The Morgan fingerprint density at radius 3 is 2.40 bits per heavy atom. The summed E-state index contributed by atoms with van der Waals surface area (Å²) in [6.45, 7) is -0.372. The Kier molecular flexibility index (Phi) is 4.68. The Morgan fingerprint density at radius 1 is 1.30 bits per heavy atom. The van der Waals surface area contributed by atoms with Gasteiger partial charge in [0.25, 0.3) is 5.69 Å². The molecule has 0 atom stereocenters. The van der Waals surface area contributed by atoms with Crippen LogP contribution in [0, 0.1) is 10.1 Å². The zero-order chi connectivity index (χ0) is 15.6. The van der Waals surface area contributed by atoms with E-state index in [9.17, 15) is 26.9 Å². The van der Waals surface area contributed by atoms with Crippen molar-refractivity contribution >= 4 is 31.2 Å². The fourth-order valence-electron chi connectivity index (χ4n) is 1.34. The molecule has 0 heterocycles. The van der Waals surface area contributed by atoms with E-state index in [2.05, 4.69) is 0 Å². The summed E-state index contributed by atoms with van der Waals surface area (Å²) in [4.78, 5) is 9.38. The third-order valence-corrected chi connectivity index (χ3v) is 4.69. The quantitative estimate of drug-likeness (QED) is 0.407. The highest BCUT2D eigenvalue weighted by Gasteiger charge is 2.25. The van der Waals surface area contributed by atoms with E-state index in [1.54, 1.807) is 0 Å². The van der Waals surface area contributed by atoms with Crippen LogP contribution in [0.1, 0.15) is 0 Å². The van der Waals surface area contributed by atoms with Crippen LogP contribution in [0.15, 0.2) is 23.1 Å². The lowest BCUT2D eigenvalue weighted by Crippen LogP contribution is -2.29. The molecule has 1 aromatic carbocycles. The van der Waals surface area contributed by atoms with Crippen molar-refractivity contribution in [1.82, 2.24) is 4.72 Å². The molecule has 0 saturated carbocycles. The average Bonchev–Trinajstić information content (AvgIpc) is 2.26. The van der Waals surface area contributed by atoms with Crippen molar-refractivity contribution in [3.8, 4) is 0 Å². The molecular formula is C9H13N3O6S2. The third-order valence-electron chi connectivity index (χ3n) is 2.23. The van der Waals surface area contributed by atoms with Gasteiger partial charge in [-0.25, -0.2) is 21.6 Å². The Morgan fingerprint density at radius 2 is 1.90 bits per heavy atom. The molecule has 0 aliphatic carbocycles. The van der Waals surface area contributed by atoms with Crippen LogP contribution < -0.4 is 10.5 Å². The van der Waals surface area contributed by atoms with E-state index < -0.39 is 41.1 Å². The minimum absolute atomic E-state index is 0.0479. The maximum Gasteiger partial charge on any atom is 0.291 e. The van der Waals surface area contributed by atoms with Crippen LogP contribution in [0.5, 0.6) is 0 Å². The lowest BCUT2D eigenvalue weighted by atomic mass is 10.3. The first-order chi connectivity index (χ1) is 9.03. The average molecular weight is 323 g/mol. The van der Waals surface area contributed by atoms with Crippen molar-refractivity contribution < 1.29 is 21.8 Å². The maximum absolute atomic E-state index is 11.9. The second kappa shape index (κ2) is 5.73. The van der Waals surface area contributed by atoms with E-state index in [0.29, 0.717) is 0 Å². The highest BCUT2D eigenvalue weighted by Crippen LogP contribution is 2.25. The van der Waals surface area contributed by atoms with E-state index in [1.165, 1.54) is 6.07 Å². The SMILES string of the molecule is CS(=O)(=O)CCNS(=O)(=O)c1ccc(N)cc1[N+](=O)[O-]. The fraction of sp³-hybridized carbons (Fsp3) is 0.333. The smallest absolute Gasteiger partial charge is 0.291 e. The van der Waals surface area contributed by atoms with Crippen molar-refractivity contribution in [3.63, 3.8) is 0 Å². The number of nitrogens with two attached hydrogens (primary N) is 1. The van der Waals surface area contributed by atoms with Crippen LogP contribution in [-0.2, 0) is 19.9 Å². The van der Waals surface area contributed by atoms with Gasteiger partial charge < -0.3 is 5.73 Å². The molecule has 0 radical (unpaired) electrons. The van der Waals surface area contributed by atoms with Gasteiger partial charge >= 0.3 is 0 Å². The molecule has 3 N–H and O–H groups in total. The van der Waals surface area contributed by atoms with Crippen molar-refractivity contribution in [2.75, 3.05) is 24.3 Å². The topological polar surface area (TPSA) is 149 Å². The number of nitrogen functional groups attached to an aromatic ring is 1. The van der Waals surface area contributed by atoms with Gasteiger partial charge in [0.2, 0.25) is 10.0 Å². The van der Waals surface area contributed by atoms with Crippen LogP contribution in [0.4, 0.5) is 11.4 Å². The summed E-state index contributed by atoms with van der Waals surface area (Å²) in [5.74, 6) is -0.408. The number of nitro benzene ring substituents is 1. The largest absolute Gasteiger partial charge is 0.399 e. The molecule has 0 saturated heterocycles. The number of sulfone groups is 1. The molecule has 20 heavy (non-hydrogen) atoms. The van der Waals surface area contributed by atoms with Gasteiger partial charge in [-0.1, -0.05) is 0 Å². The second-order valence-electron chi connectivity index (χ2n) is 4.01. The van der Waals surface area contributed by atoms with Crippen LogP contribution in [0.25, 0.3) is 0 Å². The molecule has 1 rings (SSSR count). The van der Waals surface area contributed by atoms with Crippen LogP contribution in [-0.4, -0.2) is 40.3 Å². The molecular weight excluding hydrogens is 310 g/mol. The number of nitrogens with zero attached hydrogens (tertiary/aromatic N) is 1. The number of anilines is 1. The molecule has 0 aliphatic rings. The number of sulfonamides is 1. The minimum Gasteiger partial charge on any atom is -0.399 e. The molecule has 112 valence electrons. The van der Waals surface area contributed by atoms with Crippen LogP contribution in [0.2, 0.25) is 0 Å². The molecule has 9 nitrogen and oxygen atoms in total. The zero-order valence-corrected chi connectivity index (χ0v) is 12.1. The molecule has 0 spiro atoms. The van der Waals surface area contributed by atoms with Crippen molar-refractivity contribution in [3.05, 3.63) is 28.3 Å². The Labute approximate surface area is 115 Å².